The number of carbonyl (C=O) groups excluding carboxylic acids is 1. The lowest BCUT2D eigenvalue weighted by atomic mass is 9.97. The van der Waals surface area contributed by atoms with Crippen molar-refractivity contribution in [1.82, 2.24) is 10.2 Å². The minimum Gasteiger partial charge on any atom is -0.468 e. The molecule has 1 aromatic rings. The van der Waals surface area contributed by atoms with Crippen LogP contribution in [0.4, 0.5) is 0 Å². The molecule has 1 fully saturated rings. The van der Waals surface area contributed by atoms with Gasteiger partial charge >= 0.3 is 5.97 Å². The minimum atomic E-state index is -0.285. The van der Waals surface area contributed by atoms with Gasteiger partial charge in [0.2, 0.25) is 0 Å². The fourth-order valence-electron chi connectivity index (χ4n) is 2.58. The Hall–Kier alpha value is -1.39. The number of hydrogen-bond donors (Lipinski definition) is 1. The number of piperazine rings is 1. The van der Waals surface area contributed by atoms with Gasteiger partial charge < -0.3 is 10.1 Å². The van der Waals surface area contributed by atoms with Crippen molar-refractivity contribution < 1.29 is 9.53 Å². The van der Waals surface area contributed by atoms with Gasteiger partial charge in [0.1, 0.15) is 6.04 Å². The average molecular weight is 262 g/mol. The predicted octanol–water partition coefficient (Wildman–Crippen LogP) is 1.42. The second-order valence-corrected chi connectivity index (χ2v) is 5.07. The van der Waals surface area contributed by atoms with Crippen LogP contribution < -0.4 is 5.32 Å². The first-order valence-electron chi connectivity index (χ1n) is 6.73. The molecule has 1 unspecified atom stereocenters. The number of nitrogens with zero attached hydrogens (tertiary/aromatic N) is 1. The van der Waals surface area contributed by atoms with Crippen molar-refractivity contribution in [2.75, 3.05) is 33.3 Å². The maximum atomic E-state index is 12.2. The number of carbonyl (C=O) groups is 1. The summed E-state index contributed by atoms with van der Waals surface area (Å²) in [6.07, 6.45) is 0. The first kappa shape index (κ1) is 14.0. The third kappa shape index (κ3) is 3.14. The number of ether oxygens (including phenoxy) is 1. The first-order valence-corrected chi connectivity index (χ1v) is 6.73. The molecule has 1 atom stereocenters. The van der Waals surface area contributed by atoms with E-state index < -0.39 is 0 Å². The third-order valence-electron chi connectivity index (χ3n) is 3.67. The topological polar surface area (TPSA) is 41.6 Å². The number of methoxy groups -OCH3 is 1. The molecule has 1 aromatic carbocycles. The van der Waals surface area contributed by atoms with Crippen LogP contribution in [0.2, 0.25) is 0 Å². The van der Waals surface area contributed by atoms with Crippen LogP contribution in [0.3, 0.4) is 0 Å². The number of esters is 1. The molecule has 0 bridgehead atoms. The van der Waals surface area contributed by atoms with E-state index >= 15 is 0 Å². The molecule has 0 aromatic heterocycles. The number of benzene rings is 1. The lowest BCUT2D eigenvalue weighted by molar-refractivity contribution is -0.147. The molecule has 1 N–H and O–H groups in total. The van der Waals surface area contributed by atoms with E-state index in [1.807, 2.05) is 6.92 Å². The Labute approximate surface area is 114 Å². The Morgan fingerprint density at radius 2 is 2.00 bits per heavy atom. The zero-order valence-electron chi connectivity index (χ0n) is 11.9. The standard InChI is InChI=1S/C15H22N2O2/c1-11-4-5-12(2)13(10-11)14(15(18)19-3)17-8-6-16-7-9-17/h4-5,10,14,16H,6-9H2,1-3H3. The molecule has 1 aliphatic rings. The monoisotopic (exact) mass is 262 g/mol. The highest BCUT2D eigenvalue weighted by Crippen LogP contribution is 2.26. The fourth-order valence-corrected chi connectivity index (χ4v) is 2.58. The zero-order chi connectivity index (χ0) is 13.8. The van der Waals surface area contributed by atoms with Gasteiger partial charge in [0, 0.05) is 26.2 Å². The van der Waals surface area contributed by atoms with Gasteiger partial charge in [0.05, 0.1) is 7.11 Å². The van der Waals surface area contributed by atoms with Crippen molar-refractivity contribution in [3.8, 4) is 0 Å². The molecule has 1 aliphatic heterocycles. The van der Waals surface area contributed by atoms with Gasteiger partial charge in [-0.15, -0.1) is 0 Å². The van der Waals surface area contributed by atoms with Gasteiger partial charge in [0.25, 0.3) is 0 Å². The van der Waals surface area contributed by atoms with E-state index in [0.717, 1.165) is 37.3 Å². The van der Waals surface area contributed by atoms with E-state index in [9.17, 15) is 4.79 Å². The highest BCUT2D eigenvalue weighted by atomic mass is 16.5. The molecule has 4 nitrogen and oxygen atoms in total. The summed E-state index contributed by atoms with van der Waals surface area (Å²) in [6, 6.07) is 5.96. The molecular weight excluding hydrogens is 240 g/mol. The lowest BCUT2D eigenvalue weighted by Crippen LogP contribution is -2.47. The second kappa shape index (κ2) is 6.17. The Morgan fingerprint density at radius 3 is 2.63 bits per heavy atom. The van der Waals surface area contributed by atoms with Crippen molar-refractivity contribution in [2.45, 2.75) is 19.9 Å². The smallest absolute Gasteiger partial charge is 0.327 e. The van der Waals surface area contributed by atoms with Crippen molar-refractivity contribution in [2.24, 2.45) is 0 Å². The lowest BCUT2D eigenvalue weighted by Gasteiger charge is -2.34. The molecular formula is C15H22N2O2. The minimum absolute atomic E-state index is 0.171. The first-order chi connectivity index (χ1) is 9.13. The SMILES string of the molecule is COC(=O)C(c1cc(C)ccc1C)N1CCNCC1. The Balaban J connectivity index is 2.36. The zero-order valence-corrected chi connectivity index (χ0v) is 11.9. The normalized spacial score (nSPS) is 18.1. The van der Waals surface area contributed by atoms with Crippen LogP contribution in [0, 0.1) is 13.8 Å². The van der Waals surface area contributed by atoms with Gasteiger partial charge in [-0.3, -0.25) is 4.90 Å². The van der Waals surface area contributed by atoms with Crippen molar-refractivity contribution in [1.29, 1.82) is 0 Å². The number of rotatable bonds is 3. The summed E-state index contributed by atoms with van der Waals surface area (Å²) < 4.78 is 5.01. The molecule has 0 aliphatic carbocycles. The third-order valence-corrected chi connectivity index (χ3v) is 3.67. The number of nitrogens with one attached hydrogen (secondary N) is 1. The van der Waals surface area contributed by atoms with Crippen molar-refractivity contribution in [3.63, 3.8) is 0 Å². The Morgan fingerprint density at radius 1 is 1.32 bits per heavy atom. The fraction of sp³-hybridized carbons (Fsp3) is 0.533. The van der Waals surface area contributed by atoms with E-state index in [0.29, 0.717) is 0 Å². The quantitative estimate of drug-likeness (QED) is 0.837. The Kier molecular flexibility index (Phi) is 4.56. The molecule has 1 heterocycles. The molecule has 0 radical (unpaired) electrons. The summed E-state index contributed by atoms with van der Waals surface area (Å²) >= 11 is 0. The van der Waals surface area contributed by atoms with Gasteiger partial charge in [0.15, 0.2) is 0 Å². The van der Waals surface area contributed by atoms with Gasteiger partial charge in [-0.05, 0) is 25.0 Å². The van der Waals surface area contributed by atoms with Gasteiger partial charge in [-0.25, -0.2) is 4.79 Å². The van der Waals surface area contributed by atoms with E-state index in [1.165, 1.54) is 12.7 Å². The van der Waals surface area contributed by atoms with Crippen molar-refractivity contribution >= 4 is 5.97 Å². The summed E-state index contributed by atoms with van der Waals surface area (Å²) in [5.74, 6) is -0.171. The molecule has 0 amide bonds. The highest BCUT2D eigenvalue weighted by Gasteiger charge is 2.30. The van der Waals surface area contributed by atoms with E-state index in [4.69, 9.17) is 4.74 Å². The molecule has 4 heteroatoms. The summed E-state index contributed by atoms with van der Waals surface area (Å²) in [7, 11) is 1.46. The summed E-state index contributed by atoms with van der Waals surface area (Å²) in [4.78, 5) is 14.4. The predicted molar refractivity (Wildman–Crippen MR) is 75.1 cm³/mol. The van der Waals surface area contributed by atoms with Crippen LogP contribution in [0.25, 0.3) is 0 Å². The van der Waals surface area contributed by atoms with Crippen molar-refractivity contribution in [3.05, 3.63) is 34.9 Å². The highest BCUT2D eigenvalue weighted by molar-refractivity contribution is 5.78. The summed E-state index contributed by atoms with van der Waals surface area (Å²) in [6.45, 7) is 7.67. The molecule has 104 valence electrons. The number of aryl methyl sites for hydroxylation is 2. The molecule has 1 saturated heterocycles. The van der Waals surface area contributed by atoms with Crippen LogP contribution in [-0.4, -0.2) is 44.2 Å². The van der Waals surface area contributed by atoms with E-state index in [-0.39, 0.29) is 12.0 Å². The van der Waals surface area contributed by atoms with Gasteiger partial charge in [-0.2, -0.15) is 0 Å². The Bertz CT molecular complexity index is 453. The van der Waals surface area contributed by atoms with Crippen LogP contribution in [0.15, 0.2) is 18.2 Å². The maximum Gasteiger partial charge on any atom is 0.327 e. The summed E-state index contributed by atoms with van der Waals surface area (Å²) in [5, 5.41) is 3.31. The molecule has 0 spiro atoms. The molecule has 2 rings (SSSR count). The van der Waals surface area contributed by atoms with Crippen LogP contribution >= 0.6 is 0 Å². The second-order valence-electron chi connectivity index (χ2n) is 5.07. The van der Waals surface area contributed by atoms with Crippen LogP contribution in [0.5, 0.6) is 0 Å². The maximum absolute atomic E-state index is 12.2. The summed E-state index contributed by atoms with van der Waals surface area (Å²) in [5.41, 5.74) is 3.37. The molecule has 19 heavy (non-hydrogen) atoms. The van der Waals surface area contributed by atoms with E-state index in [2.05, 4.69) is 35.3 Å². The van der Waals surface area contributed by atoms with Gasteiger partial charge in [-0.1, -0.05) is 23.8 Å². The number of hydrogen-bond acceptors (Lipinski definition) is 4. The molecule has 0 saturated carbocycles. The largest absolute Gasteiger partial charge is 0.468 e. The van der Waals surface area contributed by atoms with Crippen LogP contribution in [0.1, 0.15) is 22.7 Å². The van der Waals surface area contributed by atoms with Crippen LogP contribution in [-0.2, 0) is 9.53 Å². The van der Waals surface area contributed by atoms with E-state index in [1.54, 1.807) is 0 Å². The average Bonchev–Trinajstić information content (AvgIpc) is 2.44.